The highest BCUT2D eigenvalue weighted by molar-refractivity contribution is 9.18. The van der Waals surface area contributed by atoms with Crippen molar-refractivity contribution in [3.05, 3.63) is 74.9 Å². The van der Waals surface area contributed by atoms with Gasteiger partial charge in [-0.15, -0.1) is 0 Å². The van der Waals surface area contributed by atoms with Gasteiger partial charge in [0.05, 0.1) is 21.2 Å². The number of nitrogen functional groups attached to an aromatic ring is 1. The zero-order valence-electron chi connectivity index (χ0n) is 14.6. The molecule has 0 aliphatic rings. The van der Waals surface area contributed by atoms with Gasteiger partial charge in [-0.2, -0.15) is 23.5 Å². The summed E-state index contributed by atoms with van der Waals surface area (Å²) < 4.78 is 41.1. The maximum Gasteiger partial charge on any atom is 0.416 e. The second kappa shape index (κ2) is 8.63. The minimum Gasteiger partial charge on any atom is -0.383 e. The Balaban J connectivity index is 2.23. The fourth-order valence-electron chi connectivity index (χ4n) is 2.65. The van der Waals surface area contributed by atoms with Crippen LogP contribution in [0.4, 0.5) is 19.0 Å². The van der Waals surface area contributed by atoms with Gasteiger partial charge in [0.2, 0.25) is 0 Å². The third-order valence-electron chi connectivity index (χ3n) is 4.02. The average molecular weight is 581 g/mol. The number of benzene rings is 2. The fourth-order valence-corrected chi connectivity index (χ4v) is 4.38. The Morgan fingerprint density at radius 2 is 1.63 bits per heavy atom. The van der Waals surface area contributed by atoms with E-state index in [1.807, 2.05) is 36.4 Å². The Hall–Kier alpha value is -1.99. The van der Waals surface area contributed by atoms with Crippen LogP contribution >= 0.6 is 55.1 Å². The van der Waals surface area contributed by atoms with Gasteiger partial charge in [0, 0.05) is 8.96 Å². The lowest BCUT2D eigenvalue weighted by molar-refractivity contribution is -0.137. The number of aromatic nitrogens is 2. The highest BCUT2D eigenvalue weighted by Crippen LogP contribution is 2.42. The number of rotatable bonds is 3. The van der Waals surface area contributed by atoms with E-state index in [1.54, 1.807) is 0 Å². The number of halogens is 7. The molecule has 0 aliphatic carbocycles. The van der Waals surface area contributed by atoms with Crippen LogP contribution in [0.15, 0.2) is 42.5 Å². The van der Waals surface area contributed by atoms with E-state index >= 15 is 0 Å². The molecule has 11 heteroatoms. The second-order valence-electron chi connectivity index (χ2n) is 5.91. The molecule has 1 heterocycles. The van der Waals surface area contributed by atoms with Gasteiger partial charge in [-0.3, -0.25) is 0 Å². The van der Waals surface area contributed by atoms with Crippen molar-refractivity contribution in [1.29, 1.82) is 5.26 Å². The van der Waals surface area contributed by atoms with Gasteiger partial charge in [-0.25, -0.2) is 4.68 Å². The van der Waals surface area contributed by atoms with Gasteiger partial charge in [0.25, 0.3) is 0 Å². The number of nitrogens with zero attached hydrogens (tertiary/aromatic N) is 3. The molecule has 0 fully saturated rings. The monoisotopic (exact) mass is 578 g/mol. The van der Waals surface area contributed by atoms with Crippen LogP contribution < -0.4 is 5.73 Å². The van der Waals surface area contributed by atoms with Gasteiger partial charge in [-0.05, 0) is 49.6 Å². The molecule has 0 spiro atoms. The summed E-state index contributed by atoms with van der Waals surface area (Å²) in [6.45, 7) is 0. The summed E-state index contributed by atoms with van der Waals surface area (Å²) in [5, 5.41) is 13.0. The van der Waals surface area contributed by atoms with E-state index in [9.17, 15) is 18.4 Å². The molecule has 4 nitrogen and oxygen atoms in total. The van der Waals surface area contributed by atoms with Crippen LogP contribution in [-0.4, -0.2) is 9.78 Å². The van der Waals surface area contributed by atoms with Crippen molar-refractivity contribution >= 4 is 69.8 Å². The first-order chi connectivity index (χ1) is 14.1. The van der Waals surface area contributed by atoms with Crippen LogP contribution in [0.5, 0.6) is 0 Å². The van der Waals surface area contributed by atoms with Crippen LogP contribution in [0, 0.1) is 11.3 Å². The number of anilines is 1. The van der Waals surface area contributed by atoms with Crippen LogP contribution in [-0.2, 0) is 6.18 Å². The highest BCUT2D eigenvalue weighted by Gasteiger charge is 2.33. The summed E-state index contributed by atoms with van der Waals surface area (Å²) in [6.07, 6.45) is -4.63. The minimum absolute atomic E-state index is 0.0325. The molecule has 0 radical (unpaired) electrons. The second-order valence-corrected chi connectivity index (χ2v) is 8.31. The lowest BCUT2D eigenvalue weighted by Crippen LogP contribution is -2.08. The SMILES string of the molecule is N#Cc1nn(-c2c(Cl)cc(C(F)(F)F)cc2Cl)c(N)c1/C(Br)=C(/Br)c1ccccc1. The maximum absolute atomic E-state index is 13.0. The normalized spacial score (nSPS) is 12.5. The van der Waals surface area contributed by atoms with E-state index in [1.165, 1.54) is 0 Å². The van der Waals surface area contributed by atoms with Gasteiger partial charge in [-0.1, -0.05) is 53.5 Å². The smallest absolute Gasteiger partial charge is 0.383 e. The molecule has 0 atom stereocenters. The van der Waals surface area contributed by atoms with Gasteiger partial charge in [0.15, 0.2) is 5.69 Å². The van der Waals surface area contributed by atoms with Gasteiger partial charge in [0.1, 0.15) is 17.6 Å². The summed E-state index contributed by atoms with van der Waals surface area (Å²) >= 11 is 19.0. The molecule has 0 unspecified atom stereocenters. The van der Waals surface area contributed by atoms with E-state index in [0.29, 0.717) is 8.96 Å². The molecule has 1 aromatic heterocycles. The number of hydrogen-bond donors (Lipinski definition) is 1. The summed E-state index contributed by atoms with van der Waals surface area (Å²) in [5.74, 6) is -0.0325. The van der Waals surface area contributed by atoms with Gasteiger partial charge >= 0.3 is 6.18 Å². The van der Waals surface area contributed by atoms with Crippen molar-refractivity contribution in [2.45, 2.75) is 6.18 Å². The lowest BCUT2D eigenvalue weighted by atomic mass is 10.1. The Morgan fingerprint density at radius 1 is 1.07 bits per heavy atom. The average Bonchev–Trinajstić information content (AvgIpc) is 3.02. The van der Waals surface area contributed by atoms with Crippen molar-refractivity contribution in [3.8, 4) is 11.8 Å². The topological polar surface area (TPSA) is 67.6 Å². The summed E-state index contributed by atoms with van der Waals surface area (Å²) in [5.41, 5.74) is 6.10. The van der Waals surface area contributed by atoms with Crippen LogP contribution in [0.25, 0.3) is 14.7 Å². The van der Waals surface area contributed by atoms with E-state index in [-0.39, 0.29) is 32.8 Å². The Bertz CT molecular complexity index is 1180. The predicted octanol–water partition coefficient (Wildman–Crippen LogP) is 7.27. The first kappa shape index (κ1) is 22.7. The molecule has 0 saturated carbocycles. The first-order valence-electron chi connectivity index (χ1n) is 8.02. The molecular formula is C19H9Br2Cl2F3N4. The Kier molecular flexibility index (Phi) is 6.53. The quantitative estimate of drug-likeness (QED) is 0.354. The maximum atomic E-state index is 13.0. The fraction of sp³-hybridized carbons (Fsp3) is 0.0526. The standard InChI is InChI=1S/C19H9Br2Cl2F3N4/c20-15(9-4-2-1-3-5-9)16(21)14-13(8-27)29-30(18(14)28)17-11(22)6-10(7-12(17)23)19(24,25)26/h1-7H,28H2/b16-15-. The molecule has 2 aromatic carbocycles. The molecule has 0 amide bonds. The van der Waals surface area contributed by atoms with E-state index < -0.39 is 11.7 Å². The zero-order chi connectivity index (χ0) is 22.2. The van der Waals surface area contributed by atoms with E-state index in [0.717, 1.165) is 22.4 Å². The molecule has 3 aromatic rings. The predicted molar refractivity (Wildman–Crippen MR) is 119 cm³/mol. The Labute approximate surface area is 195 Å². The minimum atomic E-state index is -4.63. The molecule has 154 valence electrons. The van der Waals surface area contributed by atoms with Crippen LogP contribution in [0.3, 0.4) is 0 Å². The third kappa shape index (κ3) is 4.23. The number of nitrogens with two attached hydrogens (primary N) is 1. The molecule has 30 heavy (non-hydrogen) atoms. The molecule has 0 bridgehead atoms. The van der Waals surface area contributed by atoms with Crippen molar-refractivity contribution in [2.75, 3.05) is 5.73 Å². The van der Waals surface area contributed by atoms with E-state index in [4.69, 9.17) is 28.9 Å². The van der Waals surface area contributed by atoms with Crippen molar-refractivity contribution in [1.82, 2.24) is 9.78 Å². The van der Waals surface area contributed by atoms with Crippen LogP contribution in [0.1, 0.15) is 22.4 Å². The first-order valence-corrected chi connectivity index (χ1v) is 10.4. The summed E-state index contributed by atoms with van der Waals surface area (Å²) in [6, 6.07) is 12.5. The van der Waals surface area contributed by atoms with Gasteiger partial charge < -0.3 is 5.73 Å². The number of hydrogen-bond acceptors (Lipinski definition) is 3. The summed E-state index contributed by atoms with van der Waals surface area (Å²) in [4.78, 5) is 0. The zero-order valence-corrected chi connectivity index (χ0v) is 19.3. The highest BCUT2D eigenvalue weighted by atomic mass is 79.9. The van der Waals surface area contributed by atoms with Crippen molar-refractivity contribution in [3.63, 3.8) is 0 Å². The number of alkyl halides is 3. The Morgan fingerprint density at radius 3 is 2.13 bits per heavy atom. The third-order valence-corrected chi connectivity index (χ3v) is 6.78. The molecular weight excluding hydrogens is 572 g/mol. The largest absolute Gasteiger partial charge is 0.416 e. The molecule has 3 rings (SSSR count). The van der Waals surface area contributed by atoms with Crippen molar-refractivity contribution in [2.24, 2.45) is 0 Å². The van der Waals surface area contributed by atoms with E-state index in [2.05, 4.69) is 37.0 Å². The lowest BCUT2D eigenvalue weighted by Gasteiger charge is -2.13. The molecule has 2 N–H and O–H groups in total. The molecule has 0 saturated heterocycles. The molecule has 0 aliphatic heterocycles. The van der Waals surface area contributed by atoms with Crippen molar-refractivity contribution < 1.29 is 13.2 Å². The van der Waals surface area contributed by atoms with Crippen LogP contribution in [0.2, 0.25) is 10.0 Å². The summed E-state index contributed by atoms with van der Waals surface area (Å²) in [7, 11) is 0. The number of nitriles is 1.